The molecule has 1 fully saturated rings. The zero-order valence-corrected chi connectivity index (χ0v) is 13.4. The molecule has 1 aliphatic rings. The monoisotopic (exact) mass is 327 g/mol. The average molecular weight is 327 g/mol. The van der Waals surface area contributed by atoms with Gasteiger partial charge in [-0.25, -0.2) is 9.97 Å². The molecule has 2 aromatic rings. The van der Waals surface area contributed by atoms with Gasteiger partial charge in [-0.15, -0.1) is 0 Å². The van der Waals surface area contributed by atoms with Gasteiger partial charge < -0.3 is 15.7 Å². The number of nitrogens with zero attached hydrogens (tertiary/aromatic N) is 4. The summed E-state index contributed by atoms with van der Waals surface area (Å²) in [6, 6.07) is 9.60. The summed E-state index contributed by atoms with van der Waals surface area (Å²) in [5, 5.41) is 10.3. The number of aliphatic hydroxyl groups is 1. The van der Waals surface area contributed by atoms with E-state index in [1.807, 2.05) is 30.3 Å². The topological polar surface area (TPSA) is 95.6 Å². The fourth-order valence-electron chi connectivity index (χ4n) is 2.82. The van der Waals surface area contributed by atoms with Gasteiger partial charge in [0.05, 0.1) is 6.10 Å². The Kier molecular flexibility index (Phi) is 5.02. The van der Waals surface area contributed by atoms with E-state index in [9.17, 15) is 9.90 Å². The Morgan fingerprint density at radius 3 is 2.46 bits per heavy atom. The number of piperazine rings is 1. The minimum atomic E-state index is -0.524. The number of aliphatic hydroxyl groups excluding tert-OH is 1. The molecule has 0 radical (unpaired) electrons. The first kappa shape index (κ1) is 16.4. The van der Waals surface area contributed by atoms with Crippen molar-refractivity contribution in [3.05, 3.63) is 54.0 Å². The van der Waals surface area contributed by atoms with Crippen molar-refractivity contribution in [2.24, 2.45) is 0 Å². The van der Waals surface area contributed by atoms with E-state index in [0.29, 0.717) is 32.7 Å². The molecule has 1 aliphatic heterocycles. The smallest absolute Gasteiger partial charge is 0.276 e. The maximum absolute atomic E-state index is 12.4. The van der Waals surface area contributed by atoms with E-state index in [1.54, 1.807) is 4.90 Å². The summed E-state index contributed by atoms with van der Waals surface area (Å²) in [6.45, 7) is 3.12. The molecule has 1 saturated heterocycles. The van der Waals surface area contributed by atoms with Gasteiger partial charge in [-0.2, -0.15) is 0 Å². The molecule has 0 aliphatic carbocycles. The highest BCUT2D eigenvalue weighted by Gasteiger charge is 2.25. The van der Waals surface area contributed by atoms with E-state index in [1.165, 1.54) is 12.4 Å². The third-order valence-corrected chi connectivity index (χ3v) is 4.20. The molecule has 2 heterocycles. The molecule has 126 valence electrons. The second-order valence-corrected chi connectivity index (χ2v) is 5.81. The zero-order valence-electron chi connectivity index (χ0n) is 13.4. The number of benzene rings is 1. The lowest BCUT2D eigenvalue weighted by Crippen LogP contribution is -2.49. The van der Waals surface area contributed by atoms with Crippen molar-refractivity contribution in [3.8, 4) is 0 Å². The van der Waals surface area contributed by atoms with Crippen LogP contribution in [0.1, 0.15) is 22.2 Å². The first-order valence-electron chi connectivity index (χ1n) is 7.96. The van der Waals surface area contributed by atoms with Gasteiger partial charge in [0.2, 0.25) is 0 Å². The molecule has 3 rings (SSSR count). The van der Waals surface area contributed by atoms with Crippen molar-refractivity contribution < 1.29 is 9.90 Å². The Morgan fingerprint density at radius 1 is 1.12 bits per heavy atom. The lowest BCUT2D eigenvalue weighted by molar-refractivity contribution is 0.0523. The molecule has 1 unspecified atom stereocenters. The van der Waals surface area contributed by atoms with Crippen LogP contribution >= 0.6 is 0 Å². The Labute approximate surface area is 140 Å². The van der Waals surface area contributed by atoms with Crippen molar-refractivity contribution >= 4 is 11.7 Å². The molecular formula is C17H21N5O2. The van der Waals surface area contributed by atoms with E-state index >= 15 is 0 Å². The van der Waals surface area contributed by atoms with Crippen molar-refractivity contribution in [3.63, 3.8) is 0 Å². The van der Waals surface area contributed by atoms with Crippen LogP contribution in [0.25, 0.3) is 0 Å². The summed E-state index contributed by atoms with van der Waals surface area (Å²) >= 11 is 0. The Morgan fingerprint density at radius 2 is 1.79 bits per heavy atom. The zero-order chi connectivity index (χ0) is 16.9. The van der Waals surface area contributed by atoms with Gasteiger partial charge in [-0.3, -0.25) is 9.69 Å². The van der Waals surface area contributed by atoms with Crippen molar-refractivity contribution in [1.29, 1.82) is 0 Å². The summed E-state index contributed by atoms with van der Waals surface area (Å²) in [6.07, 6.45) is 2.41. The second-order valence-electron chi connectivity index (χ2n) is 5.81. The molecule has 1 aromatic carbocycles. The van der Waals surface area contributed by atoms with Gasteiger partial charge in [-0.05, 0) is 5.56 Å². The van der Waals surface area contributed by atoms with Crippen LogP contribution in [-0.2, 0) is 0 Å². The highest BCUT2D eigenvalue weighted by molar-refractivity contribution is 5.96. The largest absolute Gasteiger partial charge is 0.387 e. The molecule has 1 aromatic heterocycles. The van der Waals surface area contributed by atoms with Gasteiger partial charge in [0.15, 0.2) is 11.5 Å². The predicted molar refractivity (Wildman–Crippen MR) is 90.2 cm³/mol. The summed E-state index contributed by atoms with van der Waals surface area (Å²) in [5.41, 5.74) is 6.83. The number of aromatic nitrogens is 2. The third-order valence-electron chi connectivity index (χ3n) is 4.20. The highest BCUT2D eigenvalue weighted by atomic mass is 16.3. The number of nitrogen functional groups attached to an aromatic ring is 1. The van der Waals surface area contributed by atoms with E-state index in [4.69, 9.17) is 5.73 Å². The Bertz CT molecular complexity index is 686. The van der Waals surface area contributed by atoms with Gasteiger partial charge in [0.25, 0.3) is 5.91 Å². The highest BCUT2D eigenvalue weighted by Crippen LogP contribution is 2.16. The van der Waals surface area contributed by atoms with Gasteiger partial charge in [0.1, 0.15) is 0 Å². The third kappa shape index (κ3) is 3.69. The standard InChI is InChI=1S/C17H21N5O2/c18-16-15(19-6-7-20-16)17(24)22-10-8-21(9-11-22)12-14(23)13-4-2-1-3-5-13/h1-7,14,23H,8-12H2,(H2,18,20). The normalized spacial score (nSPS) is 16.8. The maximum Gasteiger partial charge on any atom is 0.276 e. The van der Waals surface area contributed by atoms with E-state index < -0.39 is 6.10 Å². The van der Waals surface area contributed by atoms with Crippen LogP contribution in [0, 0.1) is 0 Å². The minimum Gasteiger partial charge on any atom is -0.387 e. The number of hydrogen-bond acceptors (Lipinski definition) is 6. The molecule has 0 bridgehead atoms. The van der Waals surface area contributed by atoms with Crippen molar-refractivity contribution in [1.82, 2.24) is 19.8 Å². The second kappa shape index (κ2) is 7.37. The molecular weight excluding hydrogens is 306 g/mol. The molecule has 0 spiro atoms. The Hall–Kier alpha value is -2.51. The average Bonchev–Trinajstić information content (AvgIpc) is 2.63. The van der Waals surface area contributed by atoms with Crippen LogP contribution in [0.15, 0.2) is 42.7 Å². The molecule has 1 amide bonds. The number of β-amino-alcohol motifs (C(OH)–C–C–N with tert-alkyl or cyclic N) is 1. The van der Waals surface area contributed by atoms with Crippen molar-refractivity contribution in [2.75, 3.05) is 38.5 Å². The minimum absolute atomic E-state index is 0.157. The molecule has 0 saturated carbocycles. The quantitative estimate of drug-likeness (QED) is 0.851. The molecule has 1 atom stereocenters. The first-order chi connectivity index (χ1) is 11.6. The van der Waals surface area contributed by atoms with Crippen LogP contribution in [0.3, 0.4) is 0 Å². The summed E-state index contributed by atoms with van der Waals surface area (Å²) in [7, 11) is 0. The number of rotatable bonds is 4. The Balaban J connectivity index is 1.54. The number of nitrogens with two attached hydrogens (primary N) is 1. The summed E-state index contributed by atoms with van der Waals surface area (Å²) in [4.78, 5) is 24.3. The molecule has 24 heavy (non-hydrogen) atoms. The fourth-order valence-corrected chi connectivity index (χ4v) is 2.82. The first-order valence-corrected chi connectivity index (χ1v) is 7.96. The number of amides is 1. The summed E-state index contributed by atoms with van der Waals surface area (Å²) in [5.74, 6) is -0.0340. The number of carbonyl (C=O) groups excluding carboxylic acids is 1. The van der Waals surface area contributed by atoms with Crippen LogP contribution in [0.5, 0.6) is 0 Å². The van der Waals surface area contributed by atoms with Gasteiger partial charge in [0, 0.05) is 45.1 Å². The lowest BCUT2D eigenvalue weighted by atomic mass is 10.1. The summed E-state index contributed by atoms with van der Waals surface area (Å²) < 4.78 is 0. The maximum atomic E-state index is 12.4. The van der Waals surface area contributed by atoms with Crippen LogP contribution in [0.4, 0.5) is 5.82 Å². The van der Waals surface area contributed by atoms with E-state index in [-0.39, 0.29) is 17.4 Å². The van der Waals surface area contributed by atoms with Gasteiger partial charge >= 0.3 is 0 Å². The number of hydrogen-bond donors (Lipinski definition) is 2. The number of carbonyl (C=O) groups is 1. The van der Waals surface area contributed by atoms with Crippen molar-refractivity contribution in [2.45, 2.75) is 6.10 Å². The van der Waals surface area contributed by atoms with E-state index in [2.05, 4.69) is 14.9 Å². The molecule has 7 heteroatoms. The molecule has 7 nitrogen and oxygen atoms in total. The number of anilines is 1. The van der Waals surface area contributed by atoms with Crippen LogP contribution < -0.4 is 5.73 Å². The van der Waals surface area contributed by atoms with E-state index in [0.717, 1.165) is 5.56 Å². The van der Waals surface area contributed by atoms with Crippen LogP contribution in [0.2, 0.25) is 0 Å². The van der Waals surface area contributed by atoms with Gasteiger partial charge in [-0.1, -0.05) is 30.3 Å². The molecule has 3 N–H and O–H groups in total. The SMILES string of the molecule is Nc1nccnc1C(=O)N1CCN(CC(O)c2ccccc2)CC1. The predicted octanol–water partition coefficient (Wildman–Crippen LogP) is 0.550. The van der Waals surface area contributed by atoms with Crippen LogP contribution in [-0.4, -0.2) is 63.5 Å². The fraction of sp³-hybridized carbons (Fsp3) is 0.353. The lowest BCUT2D eigenvalue weighted by Gasteiger charge is -2.35.